The number of carbonyl (C=O) groups is 1. The van der Waals surface area contributed by atoms with Crippen molar-refractivity contribution in [2.45, 2.75) is 33.3 Å². The molecular weight excluding hydrogens is 228 g/mol. The molecule has 0 saturated carbocycles. The smallest absolute Gasteiger partial charge is 0.330 e. The van der Waals surface area contributed by atoms with E-state index in [4.69, 9.17) is 9.47 Å². The van der Waals surface area contributed by atoms with Gasteiger partial charge in [0.25, 0.3) is 0 Å². The van der Waals surface area contributed by atoms with E-state index in [9.17, 15) is 4.79 Å². The third kappa shape index (κ3) is 5.53. The molecule has 1 rings (SSSR count). The Labute approximate surface area is 108 Å². The molecule has 0 N–H and O–H groups in total. The number of benzene rings is 1. The first-order chi connectivity index (χ1) is 8.61. The first-order valence-corrected chi connectivity index (χ1v) is 6.23. The van der Waals surface area contributed by atoms with Gasteiger partial charge in [-0.3, -0.25) is 0 Å². The fourth-order valence-corrected chi connectivity index (χ4v) is 1.34. The van der Waals surface area contributed by atoms with Crippen molar-refractivity contribution in [3.8, 4) is 5.75 Å². The molecule has 98 valence electrons. The molecule has 0 fully saturated rings. The van der Waals surface area contributed by atoms with Crippen LogP contribution in [0.2, 0.25) is 0 Å². The van der Waals surface area contributed by atoms with Crippen molar-refractivity contribution in [2.75, 3.05) is 6.61 Å². The topological polar surface area (TPSA) is 35.5 Å². The average molecular weight is 248 g/mol. The molecule has 18 heavy (non-hydrogen) atoms. The SMILES string of the molecule is CCCOC(=O)C=Cc1ccc(OC(C)C)cc1. The van der Waals surface area contributed by atoms with Crippen LogP contribution in [-0.4, -0.2) is 18.7 Å². The summed E-state index contributed by atoms with van der Waals surface area (Å²) in [4.78, 5) is 11.3. The predicted molar refractivity (Wildman–Crippen MR) is 72.5 cm³/mol. The van der Waals surface area contributed by atoms with Gasteiger partial charge < -0.3 is 9.47 Å². The Morgan fingerprint density at radius 3 is 2.50 bits per heavy atom. The third-order valence-electron chi connectivity index (χ3n) is 2.11. The Kier molecular flexibility index (Phi) is 5.98. The number of rotatable bonds is 6. The van der Waals surface area contributed by atoms with Gasteiger partial charge in [-0.15, -0.1) is 0 Å². The van der Waals surface area contributed by atoms with Crippen molar-refractivity contribution in [1.29, 1.82) is 0 Å². The maximum atomic E-state index is 11.3. The first kappa shape index (κ1) is 14.3. The molecule has 0 aliphatic carbocycles. The highest BCUT2D eigenvalue weighted by molar-refractivity contribution is 5.87. The molecule has 0 saturated heterocycles. The Balaban J connectivity index is 2.52. The van der Waals surface area contributed by atoms with Crippen molar-refractivity contribution in [1.82, 2.24) is 0 Å². The average Bonchev–Trinajstić information content (AvgIpc) is 2.35. The first-order valence-electron chi connectivity index (χ1n) is 6.23. The molecule has 3 heteroatoms. The van der Waals surface area contributed by atoms with Crippen LogP contribution < -0.4 is 4.74 Å². The lowest BCUT2D eigenvalue weighted by Gasteiger charge is -2.09. The molecule has 0 heterocycles. The number of hydrogen-bond donors (Lipinski definition) is 0. The molecular formula is C15H20O3. The van der Waals surface area contributed by atoms with E-state index in [0.29, 0.717) is 6.61 Å². The van der Waals surface area contributed by atoms with Crippen molar-refractivity contribution in [3.05, 3.63) is 35.9 Å². The highest BCUT2D eigenvalue weighted by Gasteiger charge is 1.98. The van der Waals surface area contributed by atoms with E-state index in [1.165, 1.54) is 6.08 Å². The summed E-state index contributed by atoms with van der Waals surface area (Å²) in [6, 6.07) is 7.58. The summed E-state index contributed by atoms with van der Waals surface area (Å²) in [5.41, 5.74) is 0.944. The summed E-state index contributed by atoms with van der Waals surface area (Å²) in [7, 11) is 0. The second-order valence-corrected chi connectivity index (χ2v) is 4.24. The Morgan fingerprint density at radius 2 is 1.94 bits per heavy atom. The fourth-order valence-electron chi connectivity index (χ4n) is 1.34. The minimum atomic E-state index is -0.306. The maximum Gasteiger partial charge on any atom is 0.330 e. The lowest BCUT2D eigenvalue weighted by Crippen LogP contribution is -2.05. The van der Waals surface area contributed by atoms with Gasteiger partial charge >= 0.3 is 5.97 Å². The molecule has 1 aromatic carbocycles. The van der Waals surface area contributed by atoms with Gasteiger partial charge in [-0.05, 0) is 44.0 Å². The number of ether oxygens (including phenoxy) is 2. The van der Waals surface area contributed by atoms with Crippen LogP contribution in [0.4, 0.5) is 0 Å². The highest BCUT2D eigenvalue weighted by Crippen LogP contribution is 2.14. The van der Waals surface area contributed by atoms with Crippen molar-refractivity contribution in [2.24, 2.45) is 0 Å². The van der Waals surface area contributed by atoms with Crippen molar-refractivity contribution < 1.29 is 14.3 Å². The summed E-state index contributed by atoms with van der Waals surface area (Å²) in [5.74, 6) is 0.523. The lowest BCUT2D eigenvalue weighted by molar-refractivity contribution is -0.137. The van der Waals surface area contributed by atoms with Gasteiger partial charge in [-0.2, -0.15) is 0 Å². The molecule has 0 atom stereocenters. The predicted octanol–water partition coefficient (Wildman–Crippen LogP) is 3.44. The van der Waals surface area contributed by atoms with Gasteiger partial charge in [-0.1, -0.05) is 19.1 Å². The number of hydrogen-bond acceptors (Lipinski definition) is 3. The zero-order valence-electron chi connectivity index (χ0n) is 11.2. The number of esters is 1. The Bertz CT molecular complexity index is 391. The van der Waals surface area contributed by atoms with E-state index >= 15 is 0 Å². The van der Waals surface area contributed by atoms with Crippen LogP contribution in [-0.2, 0) is 9.53 Å². The van der Waals surface area contributed by atoms with Gasteiger partial charge in [0.15, 0.2) is 0 Å². The minimum absolute atomic E-state index is 0.162. The van der Waals surface area contributed by atoms with Gasteiger partial charge in [0, 0.05) is 6.08 Å². The Morgan fingerprint density at radius 1 is 1.28 bits per heavy atom. The van der Waals surface area contributed by atoms with Crippen LogP contribution in [0.25, 0.3) is 6.08 Å². The van der Waals surface area contributed by atoms with Crippen LogP contribution in [0.3, 0.4) is 0 Å². The fraction of sp³-hybridized carbons (Fsp3) is 0.400. The second-order valence-electron chi connectivity index (χ2n) is 4.24. The van der Waals surface area contributed by atoms with Crippen LogP contribution in [0.1, 0.15) is 32.8 Å². The van der Waals surface area contributed by atoms with Crippen LogP contribution >= 0.6 is 0 Å². The molecule has 0 amide bonds. The maximum absolute atomic E-state index is 11.3. The van der Waals surface area contributed by atoms with Crippen LogP contribution in [0.15, 0.2) is 30.3 Å². The molecule has 0 aromatic heterocycles. The monoisotopic (exact) mass is 248 g/mol. The zero-order valence-corrected chi connectivity index (χ0v) is 11.2. The standard InChI is InChI=1S/C15H20O3/c1-4-11-17-15(16)10-7-13-5-8-14(9-6-13)18-12(2)3/h5-10,12H,4,11H2,1-3H3. The molecule has 0 bridgehead atoms. The van der Waals surface area contributed by atoms with E-state index < -0.39 is 0 Å². The summed E-state index contributed by atoms with van der Waals surface area (Å²) < 4.78 is 10.5. The molecule has 0 spiro atoms. The molecule has 3 nitrogen and oxygen atoms in total. The summed E-state index contributed by atoms with van der Waals surface area (Å²) in [6.07, 6.45) is 4.17. The van der Waals surface area contributed by atoms with Gasteiger partial charge in [0.2, 0.25) is 0 Å². The molecule has 0 aliphatic rings. The van der Waals surface area contributed by atoms with Crippen LogP contribution in [0.5, 0.6) is 5.75 Å². The van der Waals surface area contributed by atoms with E-state index in [0.717, 1.165) is 17.7 Å². The van der Waals surface area contributed by atoms with Crippen LogP contribution in [0, 0.1) is 0 Å². The van der Waals surface area contributed by atoms with Gasteiger partial charge in [0.1, 0.15) is 5.75 Å². The molecule has 1 aromatic rings. The second kappa shape index (κ2) is 7.54. The molecule has 0 radical (unpaired) electrons. The van der Waals surface area contributed by atoms with Crippen molar-refractivity contribution in [3.63, 3.8) is 0 Å². The van der Waals surface area contributed by atoms with E-state index in [2.05, 4.69) is 0 Å². The Hall–Kier alpha value is -1.77. The van der Waals surface area contributed by atoms with E-state index in [-0.39, 0.29) is 12.1 Å². The summed E-state index contributed by atoms with van der Waals surface area (Å²) >= 11 is 0. The molecule has 0 unspecified atom stereocenters. The van der Waals surface area contributed by atoms with E-state index in [1.54, 1.807) is 6.08 Å². The van der Waals surface area contributed by atoms with Crippen molar-refractivity contribution >= 4 is 12.0 Å². The minimum Gasteiger partial charge on any atom is -0.491 e. The lowest BCUT2D eigenvalue weighted by atomic mass is 10.2. The third-order valence-corrected chi connectivity index (χ3v) is 2.11. The normalized spacial score (nSPS) is 10.9. The zero-order chi connectivity index (χ0) is 13.4. The largest absolute Gasteiger partial charge is 0.491 e. The summed E-state index contributed by atoms with van der Waals surface area (Å²) in [6.45, 7) is 6.39. The number of carbonyl (C=O) groups excluding carboxylic acids is 1. The quantitative estimate of drug-likeness (QED) is 0.571. The highest BCUT2D eigenvalue weighted by atomic mass is 16.5. The molecule has 0 aliphatic heterocycles. The van der Waals surface area contributed by atoms with Gasteiger partial charge in [-0.25, -0.2) is 4.79 Å². The van der Waals surface area contributed by atoms with Gasteiger partial charge in [0.05, 0.1) is 12.7 Å². The summed E-state index contributed by atoms with van der Waals surface area (Å²) in [5, 5.41) is 0. The van der Waals surface area contributed by atoms with E-state index in [1.807, 2.05) is 45.0 Å².